The Morgan fingerprint density at radius 2 is 1.73 bits per heavy atom. The predicted octanol–water partition coefficient (Wildman–Crippen LogP) is 4.30. The zero-order chi connectivity index (χ0) is 8.16. The number of hydrogen-bond donors (Lipinski definition) is 0. The van der Waals surface area contributed by atoms with Gasteiger partial charge in [0.2, 0.25) is 0 Å². The van der Waals surface area contributed by atoms with Crippen molar-refractivity contribution in [2.75, 3.05) is 5.33 Å². The molecule has 0 spiro atoms. The molecule has 11 heavy (non-hydrogen) atoms. The van der Waals surface area contributed by atoms with E-state index in [4.69, 9.17) is 0 Å². The normalized spacial score (nSPS) is 25.3. The van der Waals surface area contributed by atoms with E-state index in [-0.39, 0.29) is 0 Å². The molecule has 0 radical (unpaired) electrons. The first-order chi connectivity index (χ1) is 5.27. The Bertz CT molecular complexity index is 111. The van der Waals surface area contributed by atoms with Crippen LogP contribution in [-0.2, 0) is 0 Å². The second-order valence-corrected chi connectivity index (χ2v) is 17.6. The fraction of sp³-hybridized carbons (Fsp3) is 1.00. The van der Waals surface area contributed by atoms with Crippen LogP contribution in [-0.4, -0.2) is 16.4 Å². The van der Waals surface area contributed by atoms with E-state index in [0.717, 1.165) is 0 Å². The molecule has 1 fully saturated rings. The Labute approximate surface area is 87.6 Å². The molecule has 0 unspecified atom stereocenters. The van der Waals surface area contributed by atoms with E-state index < -0.39 is 11.0 Å². The Morgan fingerprint density at radius 1 is 1.09 bits per heavy atom. The first-order valence-corrected chi connectivity index (χ1v) is 13.1. The van der Waals surface area contributed by atoms with Gasteiger partial charge in [0.15, 0.2) is 0 Å². The van der Waals surface area contributed by atoms with E-state index in [9.17, 15) is 0 Å². The van der Waals surface area contributed by atoms with Crippen molar-refractivity contribution in [3.05, 3.63) is 0 Å². The predicted molar refractivity (Wildman–Crippen MR) is 61.4 cm³/mol. The minimum absolute atomic E-state index is 1.00. The standard InChI is InChI=1S/C8H16Br2Se/c9-5-1-2-6-11(10)7-3-4-8-11/h1-8H2. The van der Waals surface area contributed by atoms with Crippen molar-refractivity contribution in [1.82, 2.24) is 0 Å². The summed E-state index contributed by atoms with van der Waals surface area (Å²) in [5.74, 6) is 0. The number of halogens is 2. The van der Waals surface area contributed by atoms with Crippen LogP contribution in [0, 0.1) is 0 Å². The van der Waals surface area contributed by atoms with E-state index in [1.165, 1.54) is 36.3 Å². The molecule has 0 aromatic carbocycles. The molecule has 0 aromatic heterocycles. The number of unbranched alkanes of at least 4 members (excludes halogenated alkanes) is 1. The monoisotopic (exact) mass is 350 g/mol. The molecule has 1 heterocycles. The van der Waals surface area contributed by atoms with Crippen LogP contribution in [0.15, 0.2) is 0 Å². The van der Waals surface area contributed by atoms with Gasteiger partial charge in [0, 0.05) is 0 Å². The maximum absolute atomic E-state index is 4.02. The second kappa shape index (κ2) is 5.26. The molecule has 0 N–H and O–H groups in total. The summed E-state index contributed by atoms with van der Waals surface area (Å²) >= 11 is 6.49. The summed E-state index contributed by atoms with van der Waals surface area (Å²) in [6.45, 7) is 0. The zero-order valence-electron chi connectivity index (χ0n) is 6.82. The molecule has 0 aliphatic carbocycles. The fourth-order valence-corrected chi connectivity index (χ4v) is 11.3. The van der Waals surface area contributed by atoms with Crippen LogP contribution in [0.4, 0.5) is 0 Å². The average Bonchev–Trinajstić information content (AvgIpc) is 2.38. The molecular weight excluding hydrogens is 335 g/mol. The summed E-state index contributed by atoms with van der Waals surface area (Å²) in [5, 5.41) is 5.83. The van der Waals surface area contributed by atoms with E-state index in [1.807, 2.05) is 0 Å². The van der Waals surface area contributed by atoms with Gasteiger partial charge in [-0.25, -0.2) is 0 Å². The fourth-order valence-electron chi connectivity index (χ4n) is 1.48. The zero-order valence-corrected chi connectivity index (χ0v) is 11.7. The van der Waals surface area contributed by atoms with Crippen molar-refractivity contribution in [2.24, 2.45) is 0 Å². The molecule has 1 rings (SSSR count). The summed E-state index contributed by atoms with van der Waals surface area (Å²) in [6.07, 6.45) is 5.81. The van der Waals surface area contributed by atoms with Crippen LogP contribution >= 0.6 is 30.0 Å². The summed E-state index contributed by atoms with van der Waals surface area (Å²) in [4.78, 5) is 0. The van der Waals surface area contributed by atoms with Crippen molar-refractivity contribution in [1.29, 1.82) is 0 Å². The maximum atomic E-state index is 4.02. The van der Waals surface area contributed by atoms with Crippen molar-refractivity contribution in [3.8, 4) is 0 Å². The third kappa shape index (κ3) is 3.80. The van der Waals surface area contributed by atoms with Gasteiger partial charge in [-0.3, -0.25) is 0 Å². The van der Waals surface area contributed by atoms with Crippen LogP contribution in [0.25, 0.3) is 0 Å². The second-order valence-electron chi connectivity index (χ2n) is 3.16. The van der Waals surface area contributed by atoms with Crippen molar-refractivity contribution in [2.45, 2.75) is 41.6 Å². The van der Waals surface area contributed by atoms with Gasteiger partial charge in [0.05, 0.1) is 0 Å². The summed E-state index contributed by atoms with van der Waals surface area (Å²) in [6, 6.07) is 0. The van der Waals surface area contributed by atoms with Gasteiger partial charge >= 0.3 is 88.0 Å². The van der Waals surface area contributed by atoms with Crippen LogP contribution in [0.1, 0.15) is 25.7 Å². The molecular formula is C8H16Br2Se. The number of rotatable bonds is 4. The summed E-state index contributed by atoms with van der Waals surface area (Å²) in [7, 11) is 0. The molecule has 0 amide bonds. The molecule has 3 heteroatoms. The van der Waals surface area contributed by atoms with Crippen molar-refractivity contribution in [3.63, 3.8) is 0 Å². The average molecular weight is 351 g/mol. The Hall–Kier alpha value is 1.48. The summed E-state index contributed by atoms with van der Waals surface area (Å²) < 4.78 is 0. The molecule has 1 aliphatic heterocycles. The Kier molecular flexibility index (Phi) is 5.05. The molecule has 0 nitrogen and oxygen atoms in total. The van der Waals surface area contributed by atoms with E-state index in [0.29, 0.717) is 0 Å². The third-order valence-electron chi connectivity index (χ3n) is 2.16. The van der Waals surface area contributed by atoms with Crippen molar-refractivity contribution >= 4 is 41.1 Å². The first-order valence-electron chi connectivity index (χ1n) is 4.29. The van der Waals surface area contributed by atoms with E-state index in [2.05, 4.69) is 30.0 Å². The molecule has 0 bridgehead atoms. The van der Waals surface area contributed by atoms with Gasteiger partial charge in [-0.15, -0.1) is 0 Å². The van der Waals surface area contributed by atoms with Crippen LogP contribution < -0.4 is 0 Å². The number of hydrogen-bond acceptors (Lipinski definition) is 0. The van der Waals surface area contributed by atoms with Crippen molar-refractivity contribution < 1.29 is 0 Å². The molecule has 0 aromatic rings. The summed E-state index contributed by atoms with van der Waals surface area (Å²) in [5.41, 5.74) is 0. The van der Waals surface area contributed by atoms with Gasteiger partial charge in [-0.1, -0.05) is 0 Å². The SMILES string of the molecule is BrCCCC[Se]1(Br)CCCC1. The molecule has 1 aliphatic rings. The van der Waals surface area contributed by atoms with Gasteiger partial charge in [-0.2, -0.15) is 0 Å². The minimum atomic E-state index is -1.00. The molecule has 0 saturated carbocycles. The van der Waals surface area contributed by atoms with Gasteiger partial charge in [0.25, 0.3) is 0 Å². The van der Waals surface area contributed by atoms with E-state index in [1.54, 1.807) is 10.6 Å². The van der Waals surface area contributed by atoms with Crippen LogP contribution in [0.5, 0.6) is 0 Å². The molecule has 68 valence electrons. The quantitative estimate of drug-likeness (QED) is 0.403. The van der Waals surface area contributed by atoms with Gasteiger partial charge in [-0.05, 0) is 0 Å². The van der Waals surface area contributed by atoms with Gasteiger partial charge in [0.1, 0.15) is 0 Å². The van der Waals surface area contributed by atoms with Gasteiger partial charge < -0.3 is 0 Å². The topological polar surface area (TPSA) is 0 Å². The molecule has 1 saturated heterocycles. The first kappa shape index (κ1) is 10.6. The van der Waals surface area contributed by atoms with Crippen LogP contribution in [0.2, 0.25) is 16.0 Å². The third-order valence-corrected chi connectivity index (χ3v) is 14.2. The number of alkyl halides is 1. The molecule has 0 atom stereocenters. The van der Waals surface area contributed by atoms with E-state index >= 15 is 0 Å². The Morgan fingerprint density at radius 3 is 2.27 bits per heavy atom. The van der Waals surface area contributed by atoms with Crippen LogP contribution in [0.3, 0.4) is 0 Å². The Balaban J connectivity index is 2.13.